The van der Waals surface area contributed by atoms with Crippen LogP contribution in [-0.4, -0.2) is 47.4 Å². The number of rotatable bonds is 7. The van der Waals surface area contributed by atoms with Crippen molar-refractivity contribution in [3.63, 3.8) is 0 Å². The summed E-state index contributed by atoms with van der Waals surface area (Å²) in [6.07, 6.45) is 0.709. The SMILES string of the molecule is CNc1nc(NCC(C)(C)CCO)nc(OC)n1. The van der Waals surface area contributed by atoms with Gasteiger partial charge in [-0.05, 0) is 11.8 Å². The van der Waals surface area contributed by atoms with Crippen molar-refractivity contribution >= 4 is 11.9 Å². The summed E-state index contributed by atoms with van der Waals surface area (Å²) in [6, 6.07) is 0.261. The van der Waals surface area contributed by atoms with Crippen molar-refractivity contribution in [1.82, 2.24) is 15.0 Å². The van der Waals surface area contributed by atoms with Gasteiger partial charge >= 0.3 is 6.01 Å². The standard InChI is InChI=1S/C11H21N5O2/c1-11(2,5-6-17)7-13-9-14-8(12-3)15-10(16-9)18-4/h17H,5-7H2,1-4H3,(H2,12,13,14,15,16). The highest BCUT2D eigenvalue weighted by Crippen LogP contribution is 2.20. The summed E-state index contributed by atoms with van der Waals surface area (Å²) in [6.45, 7) is 4.95. The summed E-state index contributed by atoms with van der Waals surface area (Å²) < 4.78 is 4.99. The number of nitrogens with zero attached hydrogens (tertiary/aromatic N) is 3. The zero-order valence-corrected chi connectivity index (χ0v) is 11.3. The molecule has 0 amide bonds. The molecule has 0 spiro atoms. The Kier molecular flexibility index (Phi) is 5.08. The van der Waals surface area contributed by atoms with E-state index in [4.69, 9.17) is 9.84 Å². The Bertz CT molecular complexity index is 361. The molecule has 3 N–H and O–H groups in total. The minimum Gasteiger partial charge on any atom is -0.467 e. The number of anilines is 2. The molecule has 1 aromatic rings. The van der Waals surface area contributed by atoms with Gasteiger partial charge in [0.25, 0.3) is 0 Å². The molecule has 0 radical (unpaired) electrons. The van der Waals surface area contributed by atoms with Crippen LogP contribution in [0.2, 0.25) is 0 Å². The lowest BCUT2D eigenvalue weighted by molar-refractivity contribution is 0.220. The molecule has 0 unspecified atom stereocenters. The quantitative estimate of drug-likeness (QED) is 0.661. The van der Waals surface area contributed by atoms with Crippen LogP contribution in [0.1, 0.15) is 20.3 Å². The summed E-state index contributed by atoms with van der Waals surface area (Å²) in [4.78, 5) is 12.3. The molecule has 0 aliphatic carbocycles. The van der Waals surface area contributed by atoms with Gasteiger partial charge < -0.3 is 20.5 Å². The van der Waals surface area contributed by atoms with Gasteiger partial charge in [0.15, 0.2) is 0 Å². The molecule has 0 fully saturated rings. The second-order valence-electron chi connectivity index (χ2n) is 4.71. The van der Waals surface area contributed by atoms with Crippen LogP contribution in [0.4, 0.5) is 11.9 Å². The molecule has 0 aliphatic rings. The summed E-state index contributed by atoms with van der Waals surface area (Å²) in [5.74, 6) is 0.904. The molecule has 0 aliphatic heterocycles. The Morgan fingerprint density at radius 1 is 1.22 bits per heavy atom. The molecular formula is C11H21N5O2. The fourth-order valence-electron chi connectivity index (χ4n) is 1.35. The van der Waals surface area contributed by atoms with Crippen molar-refractivity contribution in [1.29, 1.82) is 0 Å². The highest BCUT2D eigenvalue weighted by Gasteiger charge is 2.17. The Morgan fingerprint density at radius 3 is 2.44 bits per heavy atom. The Labute approximate surface area is 107 Å². The first kappa shape index (κ1) is 14.4. The van der Waals surface area contributed by atoms with E-state index < -0.39 is 0 Å². The highest BCUT2D eigenvalue weighted by atomic mass is 16.5. The van der Waals surface area contributed by atoms with Crippen LogP contribution in [0.3, 0.4) is 0 Å². The largest absolute Gasteiger partial charge is 0.467 e. The maximum Gasteiger partial charge on any atom is 0.322 e. The van der Waals surface area contributed by atoms with Crippen molar-refractivity contribution in [3.8, 4) is 6.01 Å². The summed E-state index contributed by atoms with van der Waals surface area (Å²) in [7, 11) is 3.24. The number of aliphatic hydroxyl groups excluding tert-OH is 1. The molecule has 18 heavy (non-hydrogen) atoms. The first-order chi connectivity index (χ1) is 8.50. The molecule has 0 atom stereocenters. The van der Waals surface area contributed by atoms with E-state index in [1.807, 2.05) is 0 Å². The van der Waals surface area contributed by atoms with E-state index in [1.165, 1.54) is 7.11 Å². The van der Waals surface area contributed by atoms with Crippen molar-refractivity contribution in [2.75, 3.05) is 37.9 Å². The Hall–Kier alpha value is -1.63. The molecule has 7 heteroatoms. The highest BCUT2D eigenvalue weighted by molar-refractivity contribution is 5.35. The molecule has 0 bridgehead atoms. The zero-order chi connectivity index (χ0) is 13.6. The van der Waals surface area contributed by atoms with Crippen LogP contribution in [0.15, 0.2) is 0 Å². The van der Waals surface area contributed by atoms with Crippen LogP contribution in [-0.2, 0) is 0 Å². The third-order valence-electron chi connectivity index (χ3n) is 2.53. The van der Waals surface area contributed by atoms with E-state index >= 15 is 0 Å². The minimum atomic E-state index is -0.0333. The Balaban J connectivity index is 2.72. The van der Waals surface area contributed by atoms with Crippen LogP contribution in [0.25, 0.3) is 0 Å². The van der Waals surface area contributed by atoms with Crippen LogP contribution in [0.5, 0.6) is 6.01 Å². The lowest BCUT2D eigenvalue weighted by Gasteiger charge is -2.23. The molecular weight excluding hydrogens is 234 g/mol. The minimum absolute atomic E-state index is 0.0333. The van der Waals surface area contributed by atoms with Crippen LogP contribution < -0.4 is 15.4 Å². The van der Waals surface area contributed by atoms with Gasteiger partial charge in [-0.1, -0.05) is 13.8 Å². The van der Waals surface area contributed by atoms with Gasteiger partial charge in [0.05, 0.1) is 7.11 Å². The van der Waals surface area contributed by atoms with E-state index in [-0.39, 0.29) is 18.0 Å². The first-order valence-electron chi connectivity index (χ1n) is 5.83. The molecule has 1 rings (SSSR count). The van der Waals surface area contributed by atoms with Gasteiger partial charge in [-0.2, -0.15) is 15.0 Å². The van der Waals surface area contributed by atoms with Crippen molar-refractivity contribution < 1.29 is 9.84 Å². The second-order valence-corrected chi connectivity index (χ2v) is 4.71. The fraction of sp³-hybridized carbons (Fsp3) is 0.727. The lowest BCUT2D eigenvalue weighted by atomic mass is 9.90. The maximum atomic E-state index is 8.96. The predicted molar refractivity (Wildman–Crippen MR) is 69.9 cm³/mol. The number of hydrogen-bond acceptors (Lipinski definition) is 7. The normalized spacial score (nSPS) is 11.2. The van der Waals surface area contributed by atoms with Gasteiger partial charge in [-0.15, -0.1) is 0 Å². The molecule has 7 nitrogen and oxygen atoms in total. The van der Waals surface area contributed by atoms with E-state index in [1.54, 1.807) is 7.05 Å². The van der Waals surface area contributed by atoms with E-state index in [9.17, 15) is 0 Å². The zero-order valence-electron chi connectivity index (χ0n) is 11.3. The summed E-state index contributed by atoms with van der Waals surface area (Å²) >= 11 is 0. The predicted octanol–water partition coefficient (Wildman–Crippen LogP) is 0.742. The van der Waals surface area contributed by atoms with Crippen LogP contribution >= 0.6 is 0 Å². The van der Waals surface area contributed by atoms with E-state index in [2.05, 4.69) is 39.4 Å². The summed E-state index contributed by atoms with van der Waals surface area (Å²) in [5, 5.41) is 14.9. The molecule has 102 valence electrons. The monoisotopic (exact) mass is 255 g/mol. The van der Waals surface area contributed by atoms with Crippen molar-refractivity contribution in [2.24, 2.45) is 5.41 Å². The number of aromatic nitrogens is 3. The number of aliphatic hydroxyl groups is 1. The molecule has 0 saturated heterocycles. The van der Waals surface area contributed by atoms with Gasteiger partial charge in [0, 0.05) is 20.2 Å². The maximum absolute atomic E-state index is 8.96. The number of nitrogens with one attached hydrogen (secondary N) is 2. The van der Waals surface area contributed by atoms with E-state index in [0.717, 1.165) is 0 Å². The number of ether oxygens (including phenoxy) is 1. The van der Waals surface area contributed by atoms with Gasteiger partial charge in [-0.25, -0.2) is 0 Å². The van der Waals surface area contributed by atoms with Gasteiger partial charge in [0.1, 0.15) is 0 Å². The number of hydrogen-bond donors (Lipinski definition) is 3. The second kappa shape index (κ2) is 6.34. The van der Waals surface area contributed by atoms with Gasteiger partial charge in [0.2, 0.25) is 11.9 Å². The third kappa shape index (κ3) is 4.33. The lowest BCUT2D eigenvalue weighted by Crippen LogP contribution is -2.25. The fourth-order valence-corrected chi connectivity index (χ4v) is 1.35. The van der Waals surface area contributed by atoms with Crippen molar-refractivity contribution in [3.05, 3.63) is 0 Å². The third-order valence-corrected chi connectivity index (χ3v) is 2.53. The first-order valence-corrected chi connectivity index (χ1v) is 5.83. The van der Waals surface area contributed by atoms with Gasteiger partial charge in [-0.3, -0.25) is 0 Å². The molecule has 0 saturated carbocycles. The molecule has 0 aromatic carbocycles. The Morgan fingerprint density at radius 2 is 1.89 bits per heavy atom. The smallest absolute Gasteiger partial charge is 0.322 e. The average Bonchev–Trinajstić information content (AvgIpc) is 2.36. The molecule has 1 heterocycles. The topological polar surface area (TPSA) is 92.2 Å². The number of methoxy groups -OCH3 is 1. The average molecular weight is 255 g/mol. The summed E-state index contributed by atoms with van der Waals surface area (Å²) in [5.41, 5.74) is -0.0333. The van der Waals surface area contributed by atoms with Crippen molar-refractivity contribution in [2.45, 2.75) is 20.3 Å². The van der Waals surface area contributed by atoms with E-state index in [0.29, 0.717) is 24.9 Å². The van der Waals surface area contributed by atoms with Crippen LogP contribution in [0, 0.1) is 5.41 Å². The molecule has 1 aromatic heterocycles.